The maximum Gasteiger partial charge on any atom is 0.226 e. The monoisotopic (exact) mass is 264 g/mol. The molecule has 0 unspecified atom stereocenters. The van der Waals surface area contributed by atoms with Gasteiger partial charge >= 0.3 is 0 Å². The fraction of sp³-hybridized carbons (Fsp3) is 0.750. The summed E-state index contributed by atoms with van der Waals surface area (Å²) in [4.78, 5) is 18.5. The Bertz CT molecular complexity index is 474. The van der Waals surface area contributed by atoms with Crippen molar-refractivity contribution in [2.75, 3.05) is 18.0 Å². The highest BCUT2D eigenvalue weighted by Gasteiger charge is 2.37. The molecule has 1 N–H and O–H groups in total. The van der Waals surface area contributed by atoms with Crippen LogP contribution in [0.4, 0.5) is 5.13 Å². The van der Waals surface area contributed by atoms with Gasteiger partial charge in [-0.05, 0) is 25.7 Å². The van der Waals surface area contributed by atoms with Crippen molar-refractivity contribution >= 4 is 22.6 Å². The lowest BCUT2D eigenvalue weighted by Crippen LogP contribution is -2.54. The second-order valence-corrected chi connectivity index (χ2v) is 6.32. The first-order chi connectivity index (χ1) is 8.79. The van der Waals surface area contributed by atoms with Crippen molar-refractivity contribution in [3.05, 3.63) is 5.82 Å². The molecular formula is C12H16N4OS. The summed E-state index contributed by atoms with van der Waals surface area (Å²) in [7, 11) is 0. The van der Waals surface area contributed by atoms with E-state index in [1.54, 1.807) is 0 Å². The lowest BCUT2D eigenvalue weighted by Gasteiger charge is -2.37. The van der Waals surface area contributed by atoms with Crippen LogP contribution in [0.2, 0.25) is 0 Å². The molecule has 0 atom stereocenters. The highest BCUT2D eigenvalue weighted by atomic mass is 32.1. The molecule has 2 aliphatic carbocycles. The third-order valence-corrected chi connectivity index (χ3v) is 4.61. The molecule has 1 aromatic heterocycles. The van der Waals surface area contributed by atoms with Gasteiger partial charge in [-0.25, -0.2) is 4.98 Å². The summed E-state index contributed by atoms with van der Waals surface area (Å²) < 4.78 is 4.40. The Morgan fingerprint density at radius 2 is 2.06 bits per heavy atom. The molecule has 18 heavy (non-hydrogen) atoms. The van der Waals surface area contributed by atoms with Crippen LogP contribution in [-0.2, 0) is 4.79 Å². The third kappa shape index (κ3) is 1.98. The van der Waals surface area contributed by atoms with Crippen molar-refractivity contribution in [2.45, 2.75) is 37.6 Å². The Hall–Kier alpha value is -1.17. The van der Waals surface area contributed by atoms with Crippen LogP contribution in [0.15, 0.2) is 0 Å². The van der Waals surface area contributed by atoms with Crippen LogP contribution < -0.4 is 10.2 Å². The van der Waals surface area contributed by atoms with E-state index in [0.717, 1.165) is 36.9 Å². The number of aromatic nitrogens is 2. The molecule has 96 valence electrons. The number of nitrogens with one attached hydrogen (secondary N) is 1. The molecule has 0 radical (unpaired) electrons. The number of carbonyl (C=O) groups excluding carboxylic acids is 1. The molecule has 5 nitrogen and oxygen atoms in total. The van der Waals surface area contributed by atoms with Crippen molar-refractivity contribution in [1.29, 1.82) is 0 Å². The van der Waals surface area contributed by atoms with Gasteiger partial charge in [0, 0.05) is 36.6 Å². The van der Waals surface area contributed by atoms with Crippen LogP contribution >= 0.6 is 11.5 Å². The number of carbonyl (C=O) groups is 1. The van der Waals surface area contributed by atoms with Crippen LogP contribution in [0.3, 0.4) is 0 Å². The zero-order valence-corrected chi connectivity index (χ0v) is 10.9. The SMILES string of the molecule is O=C(NC1CC1)C1CN(c2nc(C3CC3)ns2)C1. The normalized spacial score (nSPS) is 23.9. The molecule has 2 heterocycles. The zero-order valence-electron chi connectivity index (χ0n) is 10.1. The first-order valence-corrected chi connectivity index (χ1v) is 7.46. The Balaban J connectivity index is 1.32. The number of hydrogen-bond donors (Lipinski definition) is 1. The minimum absolute atomic E-state index is 0.152. The van der Waals surface area contributed by atoms with Gasteiger partial charge in [-0.3, -0.25) is 4.79 Å². The van der Waals surface area contributed by atoms with Crippen molar-refractivity contribution in [2.24, 2.45) is 5.92 Å². The summed E-state index contributed by atoms with van der Waals surface area (Å²) in [5.74, 6) is 2.01. The molecule has 1 amide bonds. The maximum absolute atomic E-state index is 11.8. The summed E-state index contributed by atoms with van der Waals surface area (Å²) in [5.41, 5.74) is 0. The van der Waals surface area contributed by atoms with E-state index in [2.05, 4.69) is 19.6 Å². The largest absolute Gasteiger partial charge is 0.353 e. The standard InChI is InChI=1S/C12H16N4OS/c17-11(13-9-3-4-9)8-5-16(6-8)12-14-10(15-18-12)7-1-2-7/h7-9H,1-6H2,(H,13,17). The van der Waals surface area contributed by atoms with E-state index in [9.17, 15) is 4.79 Å². The van der Waals surface area contributed by atoms with Crippen molar-refractivity contribution in [3.8, 4) is 0 Å². The molecule has 3 fully saturated rings. The molecule has 1 saturated heterocycles. The minimum atomic E-state index is 0.152. The van der Waals surface area contributed by atoms with Gasteiger partial charge in [0.25, 0.3) is 0 Å². The van der Waals surface area contributed by atoms with Crippen LogP contribution in [-0.4, -0.2) is 34.4 Å². The van der Waals surface area contributed by atoms with E-state index < -0.39 is 0 Å². The summed E-state index contributed by atoms with van der Waals surface area (Å²) in [6.45, 7) is 1.61. The molecule has 2 saturated carbocycles. The minimum Gasteiger partial charge on any atom is -0.353 e. The van der Waals surface area contributed by atoms with Crippen LogP contribution in [0.1, 0.15) is 37.4 Å². The van der Waals surface area contributed by atoms with Crippen molar-refractivity contribution < 1.29 is 4.79 Å². The lowest BCUT2D eigenvalue weighted by molar-refractivity contribution is -0.125. The Labute approximate surface area is 110 Å². The molecule has 0 bridgehead atoms. The van der Waals surface area contributed by atoms with E-state index in [1.807, 2.05) is 0 Å². The van der Waals surface area contributed by atoms with E-state index in [4.69, 9.17) is 0 Å². The van der Waals surface area contributed by atoms with E-state index in [0.29, 0.717) is 12.0 Å². The second kappa shape index (κ2) is 3.91. The first kappa shape index (κ1) is 10.7. The van der Waals surface area contributed by atoms with Gasteiger partial charge in [-0.2, -0.15) is 4.37 Å². The predicted molar refractivity (Wildman–Crippen MR) is 68.8 cm³/mol. The van der Waals surface area contributed by atoms with Gasteiger partial charge in [-0.1, -0.05) is 0 Å². The van der Waals surface area contributed by atoms with Gasteiger partial charge in [0.2, 0.25) is 11.0 Å². The summed E-state index contributed by atoms with van der Waals surface area (Å²) in [5, 5.41) is 4.06. The fourth-order valence-electron chi connectivity index (χ4n) is 2.21. The molecule has 1 aromatic rings. The summed E-state index contributed by atoms with van der Waals surface area (Å²) >= 11 is 1.47. The van der Waals surface area contributed by atoms with Crippen LogP contribution in [0.5, 0.6) is 0 Å². The first-order valence-electron chi connectivity index (χ1n) is 6.68. The van der Waals surface area contributed by atoms with E-state index >= 15 is 0 Å². The number of hydrogen-bond acceptors (Lipinski definition) is 5. The topological polar surface area (TPSA) is 58.1 Å². The molecule has 0 aromatic carbocycles. The highest BCUT2D eigenvalue weighted by molar-refractivity contribution is 7.09. The lowest BCUT2D eigenvalue weighted by atomic mass is 10.00. The molecular weight excluding hydrogens is 248 g/mol. The van der Waals surface area contributed by atoms with Crippen LogP contribution in [0.25, 0.3) is 0 Å². The van der Waals surface area contributed by atoms with Gasteiger partial charge < -0.3 is 10.2 Å². The van der Waals surface area contributed by atoms with Gasteiger partial charge in [0.15, 0.2) is 0 Å². The number of anilines is 1. The number of nitrogens with zero attached hydrogens (tertiary/aromatic N) is 3. The van der Waals surface area contributed by atoms with Gasteiger partial charge in [0.05, 0.1) is 5.92 Å². The van der Waals surface area contributed by atoms with E-state index in [1.165, 1.54) is 24.4 Å². The Morgan fingerprint density at radius 3 is 2.72 bits per heavy atom. The van der Waals surface area contributed by atoms with Crippen molar-refractivity contribution in [3.63, 3.8) is 0 Å². The van der Waals surface area contributed by atoms with Crippen molar-refractivity contribution in [1.82, 2.24) is 14.7 Å². The summed E-state index contributed by atoms with van der Waals surface area (Å²) in [6, 6.07) is 0.467. The zero-order chi connectivity index (χ0) is 12.1. The maximum atomic E-state index is 11.8. The van der Waals surface area contributed by atoms with Crippen LogP contribution in [0, 0.1) is 5.92 Å². The molecule has 6 heteroatoms. The average molecular weight is 264 g/mol. The van der Waals surface area contributed by atoms with Gasteiger partial charge in [-0.15, -0.1) is 0 Å². The molecule has 0 spiro atoms. The Morgan fingerprint density at radius 1 is 1.28 bits per heavy atom. The summed E-state index contributed by atoms with van der Waals surface area (Å²) in [6.07, 6.45) is 4.79. The molecule has 4 rings (SSSR count). The van der Waals surface area contributed by atoms with Gasteiger partial charge in [0.1, 0.15) is 5.82 Å². The molecule has 3 aliphatic rings. The van der Waals surface area contributed by atoms with E-state index in [-0.39, 0.29) is 11.8 Å². The third-order valence-electron chi connectivity index (χ3n) is 3.82. The Kier molecular flexibility index (Phi) is 2.33. The molecule has 1 aliphatic heterocycles. The quantitative estimate of drug-likeness (QED) is 0.885. The average Bonchev–Trinajstić information content (AvgIpc) is 3.19. The number of rotatable bonds is 4. The predicted octanol–water partition coefficient (Wildman–Crippen LogP) is 1.13. The number of amides is 1. The fourth-order valence-corrected chi connectivity index (χ4v) is 2.97. The highest BCUT2D eigenvalue weighted by Crippen LogP contribution is 2.40. The second-order valence-electron chi connectivity index (χ2n) is 5.59. The smallest absolute Gasteiger partial charge is 0.226 e.